The lowest BCUT2D eigenvalue weighted by atomic mass is 10.1. The van der Waals surface area contributed by atoms with Gasteiger partial charge < -0.3 is 4.42 Å². The standard InChI is InChI=1S/C19H18O2S/c1-2-3-12-17-19(22-14-9-5-4-6-10-14)18(20)15-11-7-8-13-16(15)21-17/h4-11,13H,2-3,12H2,1H3. The Morgan fingerprint density at radius 3 is 2.50 bits per heavy atom. The first-order valence-electron chi connectivity index (χ1n) is 7.57. The summed E-state index contributed by atoms with van der Waals surface area (Å²) in [5, 5.41) is 0.654. The van der Waals surface area contributed by atoms with E-state index in [9.17, 15) is 4.79 Å². The Bertz CT molecular complexity index is 822. The molecule has 1 aromatic heterocycles. The van der Waals surface area contributed by atoms with Crippen LogP contribution in [0.15, 0.2) is 73.6 Å². The number of benzene rings is 2. The van der Waals surface area contributed by atoms with E-state index in [1.807, 2.05) is 54.6 Å². The molecule has 1 heterocycles. The molecule has 3 heteroatoms. The third kappa shape index (κ3) is 3.09. The minimum Gasteiger partial charge on any atom is -0.460 e. The lowest BCUT2D eigenvalue weighted by molar-refractivity contribution is 0.506. The predicted octanol–water partition coefficient (Wildman–Crippen LogP) is 5.29. The van der Waals surface area contributed by atoms with E-state index in [-0.39, 0.29) is 5.43 Å². The van der Waals surface area contributed by atoms with Crippen molar-refractivity contribution in [1.82, 2.24) is 0 Å². The molecular weight excluding hydrogens is 292 g/mol. The van der Waals surface area contributed by atoms with Crippen molar-refractivity contribution in [2.45, 2.75) is 36.0 Å². The molecule has 0 spiro atoms. The van der Waals surface area contributed by atoms with Gasteiger partial charge in [0.1, 0.15) is 11.3 Å². The maximum Gasteiger partial charge on any atom is 0.206 e. The van der Waals surface area contributed by atoms with Crippen molar-refractivity contribution in [2.24, 2.45) is 0 Å². The van der Waals surface area contributed by atoms with Crippen LogP contribution in [-0.2, 0) is 6.42 Å². The summed E-state index contributed by atoms with van der Waals surface area (Å²) in [4.78, 5) is 14.6. The number of aryl methyl sites for hydroxylation is 1. The summed E-state index contributed by atoms with van der Waals surface area (Å²) in [7, 11) is 0. The van der Waals surface area contributed by atoms with Crippen LogP contribution in [0.4, 0.5) is 0 Å². The minimum absolute atomic E-state index is 0.0711. The molecule has 22 heavy (non-hydrogen) atoms. The Labute approximate surface area is 134 Å². The Morgan fingerprint density at radius 2 is 1.73 bits per heavy atom. The van der Waals surface area contributed by atoms with Gasteiger partial charge >= 0.3 is 0 Å². The van der Waals surface area contributed by atoms with Crippen LogP contribution in [0.2, 0.25) is 0 Å². The number of rotatable bonds is 5. The van der Waals surface area contributed by atoms with Gasteiger partial charge in [0.05, 0.1) is 10.3 Å². The highest BCUT2D eigenvalue weighted by Crippen LogP contribution is 2.30. The van der Waals surface area contributed by atoms with Gasteiger partial charge in [-0.25, -0.2) is 0 Å². The first kappa shape index (κ1) is 14.9. The molecule has 0 saturated heterocycles. The van der Waals surface area contributed by atoms with Gasteiger partial charge in [0.2, 0.25) is 5.43 Å². The average molecular weight is 310 g/mol. The first-order chi connectivity index (χ1) is 10.8. The molecule has 112 valence electrons. The maximum atomic E-state index is 12.8. The maximum absolute atomic E-state index is 12.8. The molecule has 2 nitrogen and oxygen atoms in total. The van der Waals surface area contributed by atoms with E-state index in [4.69, 9.17) is 4.42 Å². The summed E-state index contributed by atoms with van der Waals surface area (Å²) in [5.74, 6) is 0.805. The fourth-order valence-electron chi connectivity index (χ4n) is 2.38. The second-order valence-corrected chi connectivity index (χ2v) is 6.28. The van der Waals surface area contributed by atoms with Crippen LogP contribution in [0.5, 0.6) is 0 Å². The van der Waals surface area contributed by atoms with Gasteiger partial charge in [0, 0.05) is 11.3 Å². The molecule has 0 atom stereocenters. The Balaban J connectivity index is 2.12. The highest BCUT2D eigenvalue weighted by atomic mass is 32.2. The van der Waals surface area contributed by atoms with Crippen molar-refractivity contribution in [1.29, 1.82) is 0 Å². The average Bonchev–Trinajstić information content (AvgIpc) is 2.57. The van der Waals surface area contributed by atoms with Gasteiger partial charge in [-0.15, -0.1) is 0 Å². The third-order valence-electron chi connectivity index (χ3n) is 3.54. The molecule has 2 aromatic carbocycles. The summed E-state index contributed by atoms with van der Waals surface area (Å²) < 4.78 is 6.03. The number of fused-ring (bicyclic) bond motifs is 1. The number of hydrogen-bond donors (Lipinski definition) is 0. The largest absolute Gasteiger partial charge is 0.460 e. The molecule has 3 rings (SSSR count). The van der Waals surface area contributed by atoms with Crippen LogP contribution >= 0.6 is 11.8 Å². The lowest BCUT2D eigenvalue weighted by Crippen LogP contribution is -2.08. The topological polar surface area (TPSA) is 30.2 Å². The quantitative estimate of drug-likeness (QED) is 0.641. The zero-order valence-electron chi connectivity index (χ0n) is 12.5. The van der Waals surface area contributed by atoms with Crippen molar-refractivity contribution in [3.8, 4) is 0 Å². The first-order valence-corrected chi connectivity index (χ1v) is 8.39. The van der Waals surface area contributed by atoms with Crippen LogP contribution < -0.4 is 5.43 Å². The Morgan fingerprint density at radius 1 is 1.00 bits per heavy atom. The second kappa shape index (κ2) is 6.84. The van der Waals surface area contributed by atoms with E-state index < -0.39 is 0 Å². The van der Waals surface area contributed by atoms with Crippen LogP contribution in [0, 0.1) is 0 Å². The fourth-order valence-corrected chi connectivity index (χ4v) is 3.37. The van der Waals surface area contributed by atoms with E-state index in [0.29, 0.717) is 11.0 Å². The van der Waals surface area contributed by atoms with Crippen molar-refractivity contribution >= 4 is 22.7 Å². The number of para-hydroxylation sites is 1. The highest BCUT2D eigenvalue weighted by molar-refractivity contribution is 7.99. The van der Waals surface area contributed by atoms with Gasteiger partial charge in [-0.1, -0.05) is 55.4 Å². The Hall–Kier alpha value is -2.00. The van der Waals surface area contributed by atoms with Gasteiger partial charge in [0.25, 0.3) is 0 Å². The van der Waals surface area contributed by atoms with Gasteiger partial charge in [-0.05, 0) is 30.7 Å². The minimum atomic E-state index is 0.0711. The molecule has 0 aliphatic heterocycles. The van der Waals surface area contributed by atoms with E-state index in [2.05, 4.69) is 6.92 Å². The highest BCUT2D eigenvalue weighted by Gasteiger charge is 2.15. The molecule has 0 aliphatic rings. The summed E-state index contributed by atoms with van der Waals surface area (Å²) in [5.41, 5.74) is 0.748. The van der Waals surface area contributed by atoms with Crippen molar-refractivity contribution < 1.29 is 4.42 Å². The van der Waals surface area contributed by atoms with Crippen LogP contribution in [0.3, 0.4) is 0 Å². The predicted molar refractivity (Wildman–Crippen MR) is 91.7 cm³/mol. The molecule has 0 amide bonds. The van der Waals surface area contributed by atoms with Crippen molar-refractivity contribution in [2.75, 3.05) is 0 Å². The molecule has 0 saturated carbocycles. The summed E-state index contributed by atoms with van der Waals surface area (Å²) in [6.45, 7) is 2.14. The van der Waals surface area contributed by atoms with Gasteiger partial charge in [-0.3, -0.25) is 4.79 Å². The van der Waals surface area contributed by atoms with Crippen LogP contribution in [0.25, 0.3) is 11.0 Å². The van der Waals surface area contributed by atoms with Crippen LogP contribution in [0.1, 0.15) is 25.5 Å². The van der Waals surface area contributed by atoms with Crippen LogP contribution in [-0.4, -0.2) is 0 Å². The molecule has 0 aliphatic carbocycles. The summed E-state index contributed by atoms with van der Waals surface area (Å²) >= 11 is 1.50. The van der Waals surface area contributed by atoms with E-state index in [1.54, 1.807) is 0 Å². The zero-order chi connectivity index (χ0) is 15.4. The molecule has 0 radical (unpaired) electrons. The smallest absolute Gasteiger partial charge is 0.206 e. The van der Waals surface area contributed by atoms with Crippen molar-refractivity contribution in [3.05, 3.63) is 70.6 Å². The molecule has 0 fully saturated rings. The van der Waals surface area contributed by atoms with E-state index in [1.165, 1.54) is 11.8 Å². The fraction of sp³-hybridized carbons (Fsp3) is 0.211. The molecule has 0 N–H and O–H groups in total. The second-order valence-electron chi connectivity index (χ2n) is 5.20. The molecule has 0 unspecified atom stereocenters. The molecular formula is C19H18O2S. The van der Waals surface area contributed by atoms with Gasteiger partial charge in [0.15, 0.2) is 0 Å². The van der Waals surface area contributed by atoms with E-state index >= 15 is 0 Å². The zero-order valence-corrected chi connectivity index (χ0v) is 13.4. The van der Waals surface area contributed by atoms with Crippen molar-refractivity contribution in [3.63, 3.8) is 0 Å². The summed E-state index contributed by atoms with van der Waals surface area (Å²) in [6, 6.07) is 17.5. The molecule has 0 bridgehead atoms. The Kier molecular flexibility index (Phi) is 4.64. The number of hydrogen-bond acceptors (Lipinski definition) is 3. The summed E-state index contributed by atoms with van der Waals surface area (Å²) in [6.07, 6.45) is 2.89. The van der Waals surface area contributed by atoms with Gasteiger partial charge in [-0.2, -0.15) is 0 Å². The lowest BCUT2D eigenvalue weighted by Gasteiger charge is -2.09. The SMILES string of the molecule is CCCCc1oc2ccccc2c(=O)c1Sc1ccccc1. The number of unbranched alkanes of at least 4 members (excludes halogenated alkanes) is 1. The molecule has 3 aromatic rings. The van der Waals surface area contributed by atoms with E-state index in [0.717, 1.165) is 34.8 Å². The third-order valence-corrected chi connectivity index (χ3v) is 4.67. The monoisotopic (exact) mass is 310 g/mol. The normalized spacial score (nSPS) is 11.0.